The van der Waals surface area contributed by atoms with Gasteiger partial charge < -0.3 is 24.6 Å². The van der Waals surface area contributed by atoms with E-state index in [4.69, 9.17) is 4.74 Å². The Hall–Kier alpha value is -3.18. The van der Waals surface area contributed by atoms with Crippen LogP contribution in [-0.4, -0.2) is 60.1 Å². The average molecular weight is 439 g/mol. The van der Waals surface area contributed by atoms with Crippen LogP contribution in [0.25, 0.3) is 0 Å². The van der Waals surface area contributed by atoms with Crippen LogP contribution >= 0.6 is 0 Å². The highest BCUT2D eigenvalue weighted by molar-refractivity contribution is 5.95. The molecule has 0 aliphatic carbocycles. The first-order valence-corrected chi connectivity index (χ1v) is 9.24. The van der Waals surface area contributed by atoms with E-state index in [0.29, 0.717) is 25.0 Å². The molecule has 2 aromatic rings. The van der Waals surface area contributed by atoms with Gasteiger partial charge in [0, 0.05) is 30.4 Å². The highest BCUT2D eigenvalue weighted by atomic mass is 19.1. The maximum Gasteiger partial charge on any atom is 0.257 e. The van der Waals surface area contributed by atoms with Crippen LogP contribution in [0.2, 0.25) is 0 Å². The summed E-state index contributed by atoms with van der Waals surface area (Å²) in [7, 11) is 3.57. The predicted octanol–water partition coefficient (Wildman–Crippen LogP) is 1.22. The Bertz CT molecular complexity index is 1060. The zero-order valence-electron chi connectivity index (χ0n) is 16.7. The molecule has 0 bridgehead atoms. The molecule has 0 saturated carbocycles. The number of likely N-dealkylation sites (N-methyl/N-ethyl adjacent to an activating group) is 1. The van der Waals surface area contributed by atoms with Gasteiger partial charge in [-0.1, -0.05) is 0 Å². The van der Waals surface area contributed by atoms with E-state index < -0.39 is 58.3 Å². The maximum absolute atomic E-state index is 13.8. The lowest BCUT2D eigenvalue weighted by Crippen LogP contribution is -2.38. The average Bonchev–Trinajstić information content (AvgIpc) is 3.18. The van der Waals surface area contributed by atoms with Crippen LogP contribution < -0.4 is 10.7 Å². The summed E-state index contributed by atoms with van der Waals surface area (Å²) < 4.78 is 47.4. The first-order chi connectivity index (χ1) is 14.6. The number of rotatable bonds is 6. The highest BCUT2D eigenvalue weighted by Crippen LogP contribution is 2.26. The summed E-state index contributed by atoms with van der Waals surface area (Å²) in [6.45, 7) is -0.175. The summed E-state index contributed by atoms with van der Waals surface area (Å²) >= 11 is 0. The van der Waals surface area contributed by atoms with E-state index in [1.54, 1.807) is 14.1 Å². The minimum Gasteiger partial charge on any atom is -0.503 e. The second-order valence-electron chi connectivity index (χ2n) is 7.30. The lowest BCUT2D eigenvalue weighted by atomic mass is 10.1. The number of aromatic hydroxyl groups is 1. The molecule has 2 atom stereocenters. The van der Waals surface area contributed by atoms with E-state index in [1.165, 1.54) is 4.57 Å². The Morgan fingerprint density at radius 2 is 1.94 bits per heavy atom. The van der Waals surface area contributed by atoms with Crippen molar-refractivity contribution in [1.82, 2.24) is 14.8 Å². The second-order valence-corrected chi connectivity index (χ2v) is 7.30. The molecule has 166 valence electrons. The van der Waals surface area contributed by atoms with Gasteiger partial charge in [-0.2, -0.15) is 0 Å². The Morgan fingerprint density at radius 1 is 1.29 bits per heavy atom. The van der Waals surface area contributed by atoms with E-state index in [0.717, 1.165) is 6.20 Å². The van der Waals surface area contributed by atoms with Crippen molar-refractivity contribution < 1.29 is 32.6 Å². The molecule has 1 fully saturated rings. The number of benzene rings is 1. The number of aldehydes is 1. The zero-order chi connectivity index (χ0) is 22.9. The smallest absolute Gasteiger partial charge is 0.257 e. The Kier molecular flexibility index (Phi) is 6.46. The van der Waals surface area contributed by atoms with Gasteiger partial charge in [-0.3, -0.25) is 14.4 Å². The summed E-state index contributed by atoms with van der Waals surface area (Å²) in [4.78, 5) is 38.4. The van der Waals surface area contributed by atoms with Crippen LogP contribution in [0, 0.1) is 17.5 Å². The summed E-state index contributed by atoms with van der Waals surface area (Å²) in [6.07, 6.45) is 1.40. The van der Waals surface area contributed by atoms with Gasteiger partial charge in [0.05, 0.1) is 25.3 Å². The summed E-state index contributed by atoms with van der Waals surface area (Å²) in [5, 5.41) is 12.4. The first-order valence-electron chi connectivity index (χ1n) is 9.24. The van der Waals surface area contributed by atoms with Gasteiger partial charge in [0.1, 0.15) is 28.7 Å². The molecule has 0 spiro atoms. The zero-order valence-corrected chi connectivity index (χ0v) is 16.7. The van der Waals surface area contributed by atoms with E-state index in [1.807, 2.05) is 4.90 Å². The third-order valence-corrected chi connectivity index (χ3v) is 5.18. The van der Waals surface area contributed by atoms with E-state index in [-0.39, 0.29) is 18.3 Å². The van der Waals surface area contributed by atoms with Crippen molar-refractivity contribution in [3.8, 4) is 5.75 Å². The highest BCUT2D eigenvalue weighted by Gasteiger charge is 2.34. The lowest BCUT2D eigenvalue weighted by Gasteiger charge is -2.28. The standard InChI is InChI=1S/C20H20F3N3O5/c1-25(2)16-8-31-9-17(16)26-6-12(18(28)19(29)15(26)7-27)20(30)24-5-11-13(22)3-10(21)4-14(11)23/h3-4,6-7,16-17,29H,5,8-9H2,1-2H3,(H,24,30). The topological polar surface area (TPSA) is 101 Å². The summed E-state index contributed by atoms with van der Waals surface area (Å²) in [6, 6.07) is 0.229. The third-order valence-electron chi connectivity index (χ3n) is 5.18. The first kappa shape index (κ1) is 22.5. The molecule has 0 radical (unpaired) electrons. The van der Waals surface area contributed by atoms with Crippen molar-refractivity contribution in [3.05, 3.63) is 62.8 Å². The van der Waals surface area contributed by atoms with Gasteiger partial charge in [-0.25, -0.2) is 13.2 Å². The van der Waals surface area contributed by atoms with Gasteiger partial charge in [-0.15, -0.1) is 0 Å². The molecule has 11 heteroatoms. The fourth-order valence-electron chi connectivity index (χ4n) is 3.48. The molecule has 1 aromatic carbocycles. The minimum atomic E-state index is -1.20. The molecule has 2 N–H and O–H groups in total. The van der Waals surface area contributed by atoms with Crippen molar-refractivity contribution in [2.24, 2.45) is 0 Å². The fraction of sp³-hybridized carbons (Fsp3) is 0.350. The van der Waals surface area contributed by atoms with Crippen LogP contribution in [0.5, 0.6) is 5.75 Å². The largest absolute Gasteiger partial charge is 0.503 e. The number of nitrogens with one attached hydrogen (secondary N) is 1. The number of hydrogen-bond acceptors (Lipinski definition) is 6. The number of hydrogen-bond donors (Lipinski definition) is 2. The van der Waals surface area contributed by atoms with Crippen molar-refractivity contribution in [1.29, 1.82) is 0 Å². The second kappa shape index (κ2) is 8.90. The number of amides is 1. The Labute approximate surface area is 174 Å². The number of ether oxygens (including phenoxy) is 1. The Morgan fingerprint density at radius 3 is 2.52 bits per heavy atom. The van der Waals surface area contributed by atoms with Gasteiger partial charge in [0.25, 0.3) is 5.91 Å². The molecule has 2 heterocycles. The number of halogens is 3. The van der Waals surface area contributed by atoms with Crippen LogP contribution in [0.1, 0.15) is 32.5 Å². The molecule has 1 saturated heterocycles. The molecule has 1 aliphatic rings. The van der Waals surface area contributed by atoms with Gasteiger partial charge in [0.2, 0.25) is 5.43 Å². The van der Waals surface area contributed by atoms with Crippen molar-refractivity contribution in [3.63, 3.8) is 0 Å². The van der Waals surface area contributed by atoms with E-state index in [2.05, 4.69) is 5.32 Å². The normalized spacial score (nSPS) is 18.4. The van der Waals surface area contributed by atoms with Gasteiger partial charge >= 0.3 is 0 Å². The molecular weight excluding hydrogens is 419 g/mol. The minimum absolute atomic E-state index is 0.166. The van der Waals surface area contributed by atoms with Gasteiger partial charge in [0.15, 0.2) is 12.0 Å². The molecule has 1 aliphatic heterocycles. The van der Waals surface area contributed by atoms with Crippen molar-refractivity contribution in [2.45, 2.75) is 18.6 Å². The van der Waals surface area contributed by atoms with Gasteiger partial charge in [-0.05, 0) is 14.1 Å². The number of carbonyl (C=O) groups is 2. The molecule has 2 unspecified atom stereocenters. The van der Waals surface area contributed by atoms with Crippen LogP contribution in [-0.2, 0) is 11.3 Å². The summed E-state index contributed by atoms with van der Waals surface area (Å²) in [5.74, 6) is -5.48. The Balaban J connectivity index is 1.96. The predicted molar refractivity (Wildman–Crippen MR) is 103 cm³/mol. The number of nitrogens with zero attached hydrogens (tertiary/aromatic N) is 2. The quantitative estimate of drug-likeness (QED) is 0.657. The molecule has 1 amide bonds. The third kappa shape index (κ3) is 4.32. The molecular formula is C20H20F3N3O5. The molecule has 8 nitrogen and oxygen atoms in total. The van der Waals surface area contributed by atoms with Crippen molar-refractivity contribution in [2.75, 3.05) is 27.3 Å². The molecule has 3 rings (SSSR count). The van der Waals surface area contributed by atoms with Crippen LogP contribution in [0.3, 0.4) is 0 Å². The molecule has 31 heavy (non-hydrogen) atoms. The van der Waals surface area contributed by atoms with Crippen molar-refractivity contribution >= 4 is 12.2 Å². The monoisotopic (exact) mass is 439 g/mol. The number of carbonyl (C=O) groups excluding carboxylic acids is 2. The van der Waals surface area contributed by atoms with Crippen LogP contribution in [0.15, 0.2) is 23.1 Å². The number of aromatic nitrogens is 1. The van der Waals surface area contributed by atoms with E-state index >= 15 is 0 Å². The molecule has 1 aromatic heterocycles. The fourth-order valence-corrected chi connectivity index (χ4v) is 3.48. The van der Waals surface area contributed by atoms with Crippen LogP contribution in [0.4, 0.5) is 13.2 Å². The SMILES string of the molecule is CN(C)C1COCC1n1cc(C(=O)NCc2c(F)cc(F)cc2F)c(=O)c(O)c1C=O. The van der Waals surface area contributed by atoms with E-state index in [9.17, 15) is 32.7 Å². The lowest BCUT2D eigenvalue weighted by molar-refractivity contribution is 0.0945. The summed E-state index contributed by atoms with van der Waals surface area (Å²) in [5.41, 5.74) is -2.56. The maximum atomic E-state index is 13.8. The number of pyridine rings is 1.